The maximum Gasteiger partial charge on any atom is 0.289 e. The molecule has 1 fully saturated rings. The number of imidazole rings is 1. The first kappa shape index (κ1) is 21.7. The first-order valence-electron chi connectivity index (χ1n) is 10.6. The molecule has 0 atom stereocenters. The average molecular weight is 411 g/mol. The average Bonchev–Trinajstić information content (AvgIpc) is 3.53. The number of nitrogens with zero attached hydrogens (tertiary/aromatic N) is 4. The van der Waals surface area contributed by atoms with Gasteiger partial charge in [0.05, 0.1) is 0 Å². The Hall–Kier alpha value is -2.96. The lowest BCUT2D eigenvalue weighted by Crippen LogP contribution is -2.20. The summed E-state index contributed by atoms with van der Waals surface area (Å²) in [7, 11) is 2.24. The Kier molecular flexibility index (Phi) is 7.03. The van der Waals surface area contributed by atoms with Gasteiger partial charge in [0.15, 0.2) is 11.5 Å². The number of nitrogen functional groups attached to an aromatic ring is 1. The molecule has 0 spiro atoms. The van der Waals surface area contributed by atoms with Crippen molar-refractivity contribution in [3.05, 3.63) is 59.6 Å². The minimum atomic E-state index is -0.702. The second-order valence-electron chi connectivity index (χ2n) is 7.59. The van der Waals surface area contributed by atoms with Crippen molar-refractivity contribution in [1.29, 1.82) is 0 Å². The van der Waals surface area contributed by atoms with Crippen molar-refractivity contribution in [2.45, 2.75) is 58.4 Å². The molecule has 1 saturated carbocycles. The fraction of sp³-hybridized carbons (Fsp3) is 0.435. The number of nitrogens with two attached hydrogens (primary N) is 1. The van der Waals surface area contributed by atoms with Crippen LogP contribution in [0.4, 0.5) is 10.2 Å². The van der Waals surface area contributed by atoms with Crippen molar-refractivity contribution in [2.75, 3.05) is 12.8 Å². The fourth-order valence-corrected chi connectivity index (χ4v) is 3.76. The Bertz CT molecular complexity index is 996. The molecule has 0 saturated heterocycles. The van der Waals surface area contributed by atoms with Crippen LogP contribution in [0.5, 0.6) is 0 Å². The monoisotopic (exact) mass is 410 g/mol. The van der Waals surface area contributed by atoms with Crippen LogP contribution in [0.1, 0.15) is 52.4 Å². The lowest BCUT2D eigenvalue weighted by atomic mass is 9.88. The van der Waals surface area contributed by atoms with E-state index in [2.05, 4.69) is 64.5 Å². The van der Waals surface area contributed by atoms with E-state index >= 15 is 0 Å². The summed E-state index contributed by atoms with van der Waals surface area (Å²) in [5, 5.41) is 0. The van der Waals surface area contributed by atoms with Crippen LogP contribution in [0.15, 0.2) is 53.6 Å². The highest BCUT2D eigenvalue weighted by Gasteiger charge is 2.27. The summed E-state index contributed by atoms with van der Waals surface area (Å²) in [4.78, 5) is 15.5. The van der Waals surface area contributed by atoms with Crippen molar-refractivity contribution in [2.24, 2.45) is 0 Å². The number of fused-ring (bicyclic) bond motifs is 1. The van der Waals surface area contributed by atoms with Gasteiger partial charge in [-0.2, -0.15) is 9.37 Å². The molecule has 0 amide bonds. The third-order valence-electron chi connectivity index (χ3n) is 5.65. The van der Waals surface area contributed by atoms with Gasteiger partial charge in [-0.15, -0.1) is 0 Å². The molecular formula is C23H31FN6. The molecule has 6 nitrogen and oxygen atoms in total. The highest BCUT2D eigenvalue weighted by atomic mass is 19.1. The number of rotatable bonds is 6. The summed E-state index contributed by atoms with van der Waals surface area (Å²) in [5.41, 5.74) is 11.8. The minimum absolute atomic E-state index is 0.200. The highest BCUT2D eigenvalue weighted by molar-refractivity contribution is 5.80. The number of aromatic nitrogens is 4. The van der Waals surface area contributed by atoms with E-state index < -0.39 is 6.08 Å². The van der Waals surface area contributed by atoms with Crippen molar-refractivity contribution in [3.63, 3.8) is 0 Å². The van der Waals surface area contributed by atoms with Crippen molar-refractivity contribution < 1.29 is 4.39 Å². The fourth-order valence-electron chi connectivity index (χ4n) is 3.76. The number of nitrogens with one attached hydrogen (secondary N) is 1. The van der Waals surface area contributed by atoms with Crippen molar-refractivity contribution >= 4 is 17.0 Å². The van der Waals surface area contributed by atoms with Gasteiger partial charge >= 0.3 is 0 Å². The molecule has 0 aliphatic heterocycles. The van der Waals surface area contributed by atoms with E-state index in [9.17, 15) is 4.39 Å². The number of anilines is 1. The van der Waals surface area contributed by atoms with Crippen LogP contribution in [0.2, 0.25) is 0 Å². The smallest absolute Gasteiger partial charge is 0.289 e. The predicted octanol–water partition coefficient (Wildman–Crippen LogP) is 5.06. The largest absolute Gasteiger partial charge is 0.382 e. The molecule has 7 heteroatoms. The number of aromatic amines is 1. The zero-order valence-electron chi connectivity index (χ0n) is 18.1. The van der Waals surface area contributed by atoms with Gasteiger partial charge in [0, 0.05) is 18.8 Å². The number of allylic oxidation sites excluding steroid dienone is 7. The summed E-state index contributed by atoms with van der Waals surface area (Å²) in [6.07, 6.45) is 14.7. The van der Waals surface area contributed by atoms with Crippen molar-refractivity contribution in [3.8, 4) is 0 Å². The number of H-pyrrole nitrogens is 1. The van der Waals surface area contributed by atoms with Gasteiger partial charge in [0.1, 0.15) is 11.8 Å². The van der Waals surface area contributed by atoms with E-state index in [1.165, 1.54) is 48.9 Å². The molecule has 0 radical (unpaired) electrons. The Morgan fingerprint density at radius 2 is 2.13 bits per heavy atom. The SMILES string of the molecule is C=CC1=C(CC)CCC=C1/C=C(/CC)N(C)C1CC1.Nc1ncnc2nc(F)[nH]c12. The van der Waals surface area contributed by atoms with Crippen LogP contribution in [-0.4, -0.2) is 37.9 Å². The predicted molar refractivity (Wildman–Crippen MR) is 120 cm³/mol. The second kappa shape index (κ2) is 9.69. The van der Waals surface area contributed by atoms with E-state index in [4.69, 9.17) is 5.73 Å². The first-order valence-corrected chi connectivity index (χ1v) is 10.6. The van der Waals surface area contributed by atoms with Gasteiger partial charge in [0.25, 0.3) is 6.08 Å². The quantitative estimate of drug-likeness (QED) is 0.650. The zero-order chi connectivity index (χ0) is 21.7. The number of hydrogen-bond donors (Lipinski definition) is 2. The van der Waals surface area contributed by atoms with E-state index in [-0.39, 0.29) is 11.5 Å². The summed E-state index contributed by atoms with van der Waals surface area (Å²) >= 11 is 0. The first-order chi connectivity index (χ1) is 14.5. The zero-order valence-corrected chi connectivity index (χ0v) is 18.1. The molecule has 2 heterocycles. The molecule has 2 aromatic heterocycles. The molecule has 0 unspecified atom stereocenters. The standard InChI is InChI=1S/C18H27N.C5H4FN5/c1-5-14-9-8-10-15(18(14)7-3)13-16(6-2)19(4)17-11-12-17;6-5-10-2-3(7)8-1-9-4(2)11-5/h7,10,13,17H,3,5-6,8-9,11-12H2,1-2,4H3;1H,(H3,7,8,9,10,11)/b16-13-;. The normalized spacial score (nSPS) is 16.8. The van der Waals surface area contributed by atoms with Crippen LogP contribution in [-0.2, 0) is 0 Å². The second-order valence-corrected chi connectivity index (χ2v) is 7.59. The van der Waals surface area contributed by atoms with Gasteiger partial charge in [-0.05, 0) is 55.7 Å². The Morgan fingerprint density at radius 3 is 2.73 bits per heavy atom. The number of hydrogen-bond acceptors (Lipinski definition) is 5. The summed E-state index contributed by atoms with van der Waals surface area (Å²) in [5.74, 6) is 0.200. The molecule has 160 valence electrons. The Balaban J connectivity index is 0.000000196. The van der Waals surface area contributed by atoms with Crippen LogP contribution in [0.25, 0.3) is 11.2 Å². The van der Waals surface area contributed by atoms with Crippen LogP contribution in [0.3, 0.4) is 0 Å². The van der Waals surface area contributed by atoms with Gasteiger partial charge < -0.3 is 15.6 Å². The van der Waals surface area contributed by atoms with Crippen LogP contribution in [0, 0.1) is 6.08 Å². The molecule has 0 aromatic carbocycles. The summed E-state index contributed by atoms with van der Waals surface area (Å²) in [6.45, 7) is 8.53. The van der Waals surface area contributed by atoms with Gasteiger partial charge in [-0.25, -0.2) is 9.97 Å². The van der Waals surface area contributed by atoms with Gasteiger partial charge in [-0.1, -0.05) is 38.2 Å². The van der Waals surface area contributed by atoms with Crippen LogP contribution >= 0.6 is 0 Å². The highest BCUT2D eigenvalue weighted by Crippen LogP contribution is 2.33. The van der Waals surface area contributed by atoms with E-state index in [0.717, 1.165) is 18.9 Å². The lowest BCUT2D eigenvalue weighted by molar-refractivity contribution is 0.395. The molecule has 2 aliphatic carbocycles. The molecule has 30 heavy (non-hydrogen) atoms. The molecule has 2 aliphatic rings. The summed E-state index contributed by atoms with van der Waals surface area (Å²) < 4.78 is 12.4. The van der Waals surface area contributed by atoms with E-state index in [0.29, 0.717) is 5.52 Å². The van der Waals surface area contributed by atoms with Crippen LogP contribution < -0.4 is 5.73 Å². The Labute approximate surface area is 177 Å². The maximum atomic E-state index is 12.4. The Morgan fingerprint density at radius 1 is 1.37 bits per heavy atom. The molecule has 0 bridgehead atoms. The van der Waals surface area contributed by atoms with E-state index in [1.54, 1.807) is 5.57 Å². The third kappa shape index (κ3) is 4.96. The molecular weight excluding hydrogens is 379 g/mol. The van der Waals surface area contributed by atoms with Crippen molar-refractivity contribution in [1.82, 2.24) is 24.8 Å². The lowest BCUT2D eigenvalue weighted by Gasteiger charge is -2.24. The van der Waals surface area contributed by atoms with E-state index in [1.807, 2.05) is 6.08 Å². The third-order valence-corrected chi connectivity index (χ3v) is 5.65. The topological polar surface area (TPSA) is 83.7 Å². The van der Waals surface area contributed by atoms with Gasteiger partial charge in [-0.3, -0.25) is 0 Å². The van der Waals surface area contributed by atoms with Gasteiger partial charge in [0.2, 0.25) is 0 Å². The minimum Gasteiger partial charge on any atom is -0.382 e. The molecule has 3 N–H and O–H groups in total. The molecule has 2 aromatic rings. The maximum absolute atomic E-state index is 12.4. The molecule has 4 rings (SSSR count). The summed E-state index contributed by atoms with van der Waals surface area (Å²) in [6, 6.07) is 0.789. The number of halogens is 1.